The van der Waals surface area contributed by atoms with Crippen molar-refractivity contribution in [3.63, 3.8) is 0 Å². The Morgan fingerprint density at radius 3 is 2.19 bits per heavy atom. The number of H-pyrrole nitrogens is 1. The molecule has 1 aliphatic heterocycles. The molecule has 2 rings (SSSR count). The van der Waals surface area contributed by atoms with Gasteiger partial charge in [-0.05, 0) is 32.1 Å². The van der Waals surface area contributed by atoms with Gasteiger partial charge in [-0.2, -0.15) is 4.31 Å². The van der Waals surface area contributed by atoms with Crippen LogP contribution >= 0.6 is 0 Å². The average molecular weight is 314 g/mol. The summed E-state index contributed by atoms with van der Waals surface area (Å²) in [6, 6.07) is 0. The zero-order chi connectivity index (χ0) is 15.9. The summed E-state index contributed by atoms with van der Waals surface area (Å²) in [6.07, 6.45) is 1.01. The number of carboxylic acid groups (broad SMARTS) is 1. The summed E-state index contributed by atoms with van der Waals surface area (Å²) in [4.78, 5) is 13.9. The number of aromatic nitrogens is 1. The molecule has 2 unspecified atom stereocenters. The SMILES string of the molecule is Cc1[nH]c(C(=O)O)c(C)c1S(=O)(=O)N1CC(C)CC(C)C1. The zero-order valence-corrected chi connectivity index (χ0v) is 13.6. The molecular formula is C14H22N2O4S. The van der Waals surface area contributed by atoms with E-state index in [1.807, 2.05) is 13.8 Å². The quantitative estimate of drug-likeness (QED) is 0.892. The van der Waals surface area contributed by atoms with E-state index in [4.69, 9.17) is 5.11 Å². The van der Waals surface area contributed by atoms with E-state index in [-0.39, 0.29) is 16.2 Å². The molecule has 0 radical (unpaired) electrons. The molecule has 7 heteroatoms. The van der Waals surface area contributed by atoms with Gasteiger partial charge in [0.15, 0.2) is 0 Å². The Hall–Kier alpha value is -1.34. The Morgan fingerprint density at radius 2 is 1.76 bits per heavy atom. The van der Waals surface area contributed by atoms with Gasteiger partial charge in [0.2, 0.25) is 10.0 Å². The molecule has 1 saturated heterocycles. The van der Waals surface area contributed by atoms with E-state index < -0.39 is 16.0 Å². The molecule has 1 aromatic rings. The van der Waals surface area contributed by atoms with Crippen molar-refractivity contribution in [1.29, 1.82) is 0 Å². The monoisotopic (exact) mass is 314 g/mol. The number of piperidine rings is 1. The van der Waals surface area contributed by atoms with Crippen LogP contribution in [0.15, 0.2) is 4.90 Å². The fraction of sp³-hybridized carbons (Fsp3) is 0.643. The van der Waals surface area contributed by atoms with Crippen molar-refractivity contribution in [3.8, 4) is 0 Å². The van der Waals surface area contributed by atoms with Crippen molar-refractivity contribution < 1.29 is 18.3 Å². The summed E-state index contributed by atoms with van der Waals surface area (Å²) < 4.78 is 27.2. The van der Waals surface area contributed by atoms with Crippen LogP contribution in [0.25, 0.3) is 0 Å². The number of carbonyl (C=O) groups is 1. The van der Waals surface area contributed by atoms with Gasteiger partial charge in [-0.25, -0.2) is 13.2 Å². The molecule has 1 aliphatic rings. The molecule has 118 valence electrons. The molecule has 0 spiro atoms. The van der Waals surface area contributed by atoms with Crippen LogP contribution in [0.4, 0.5) is 0 Å². The van der Waals surface area contributed by atoms with E-state index in [2.05, 4.69) is 4.98 Å². The Morgan fingerprint density at radius 1 is 1.24 bits per heavy atom. The first-order valence-corrected chi connectivity index (χ1v) is 8.51. The smallest absolute Gasteiger partial charge is 0.352 e. The maximum Gasteiger partial charge on any atom is 0.352 e. The molecular weight excluding hydrogens is 292 g/mol. The van der Waals surface area contributed by atoms with Crippen molar-refractivity contribution in [2.75, 3.05) is 13.1 Å². The lowest BCUT2D eigenvalue weighted by atomic mass is 9.94. The largest absolute Gasteiger partial charge is 0.477 e. The number of nitrogens with one attached hydrogen (secondary N) is 1. The van der Waals surface area contributed by atoms with Crippen molar-refractivity contribution in [1.82, 2.24) is 9.29 Å². The number of nitrogens with zero attached hydrogens (tertiary/aromatic N) is 1. The van der Waals surface area contributed by atoms with Gasteiger partial charge in [-0.3, -0.25) is 0 Å². The van der Waals surface area contributed by atoms with Gasteiger partial charge in [0.1, 0.15) is 10.6 Å². The van der Waals surface area contributed by atoms with E-state index in [0.29, 0.717) is 30.6 Å². The van der Waals surface area contributed by atoms with Gasteiger partial charge in [0.05, 0.1) is 0 Å². The van der Waals surface area contributed by atoms with Gasteiger partial charge in [0.25, 0.3) is 0 Å². The third-order valence-electron chi connectivity index (χ3n) is 4.02. The number of carboxylic acids is 1. The summed E-state index contributed by atoms with van der Waals surface area (Å²) in [5, 5.41) is 9.12. The first-order chi connectivity index (χ1) is 9.64. The minimum Gasteiger partial charge on any atom is -0.477 e. The third-order valence-corrected chi connectivity index (χ3v) is 6.12. The molecule has 21 heavy (non-hydrogen) atoms. The first-order valence-electron chi connectivity index (χ1n) is 7.07. The van der Waals surface area contributed by atoms with E-state index >= 15 is 0 Å². The second kappa shape index (κ2) is 5.46. The van der Waals surface area contributed by atoms with Crippen LogP contribution in [-0.2, 0) is 10.0 Å². The van der Waals surface area contributed by atoms with Crippen molar-refractivity contribution >= 4 is 16.0 Å². The van der Waals surface area contributed by atoms with Crippen LogP contribution < -0.4 is 0 Å². The van der Waals surface area contributed by atoms with Crippen molar-refractivity contribution in [2.45, 2.75) is 39.0 Å². The van der Waals surface area contributed by atoms with Gasteiger partial charge in [-0.1, -0.05) is 13.8 Å². The number of rotatable bonds is 3. The molecule has 2 heterocycles. The standard InChI is InChI=1S/C14H22N2O4S/c1-8-5-9(2)7-16(6-8)21(19,20)13-10(3)12(14(17)18)15-11(13)4/h8-9,15H,5-7H2,1-4H3,(H,17,18). The number of hydrogen-bond acceptors (Lipinski definition) is 3. The minimum atomic E-state index is -3.66. The topological polar surface area (TPSA) is 90.5 Å². The molecule has 0 aromatic carbocycles. The molecule has 0 bridgehead atoms. The number of sulfonamides is 1. The second-order valence-electron chi connectivity index (χ2n) is 6.15. The molecule has 0 aliphatic carbocycles. The number of aromatic carboxylic acids is 1. The molecule has 0 amide bonds. The normalized spacial score (nSPS) is 24.2. The summed E-state index contributed by atoms with van der Waals surface area (Å²) in [6.45, 7) is 8.19. The van der Waals surface area contributed by atoms with Crippen LogP contribution in [-0.4, -0.2) is 41.9 Å². The minimum absolute atomic E-state index is 0.0517. The highest BCUT2D eigenvalue weighted by molar-refractivity contribution is 7.89. The number of aromatic amines is 1. The molecule has 6 nitrogen and oxygen atoms in total. The van der Waals surface area contributed by atoms with E-state index in [1.165, 1.54) is 11.2 Å². The molecule has 0 saturated carbocycles. The van der Waals surface area contributed by atoms with Crippen LogP contribution in [0, 0.1) is 25.7 Å². The lowest BCUT2D eigenvalue weighted by Gasteiger charge is -2.34. The predicted octanol–water partition coefficient (Wildman–Crippen LogP) is 2.00. The van der Waals surface area contributed by atoms with Gasteiger partial charge in [0, 0.05) is 24.3 Å². The number of aryl methyl sites for hydroxylation is 1. The average Bonchev–Trinajstić information content (AvgIpc) is 2.64. The third kappa shape index (κ3) is 2.85. The lowest BCUT2D eigenvalue weighted by molar-refractivity contribution is 0.0690. The maximum absolute atomic E-state index is 12.9. The van der Waals surface area contributed by atoms with Crippen molar-refractivity contribution in [2.24, 2.45) is 11.8 Å². The maximum atomic E-state index is 12.9. The van der Waals surface area contributed by atoms with Gasteiger partial charge >= 0.3 is 5.97 Å². The highest BCUT2D eigenvalue weighted by Crippen LogP contribution is 2.31. The lowest BCUT2D eigenvalue weighted by Crippen LogP contribution is -2.42. The summed E-state index contributed by atoms with van der Waals surface area (Å²) in [5.74, 6) is -0.526. The molecule has 1 fully saturated rings. The van der Waals surface area contributed by atoms with Crippen LogP contribution in [0.2, 0.25) is 0 Å². The fourth-order valence-electron chi connectivity index (χ4n) is 3.26. The molecule has 2 atom stereocenters. The molecule has 2 N–H and O–H groups in total. The number of hydrogen-bond donors (Lipinski definition) is 2. The Balaban J connectivity index is 2.47. The summed E-state index contributed by atoms with van der Waals surface area (Å²) >= 11 is 0. The van der Waals surface area contributed by atoms with E-state index in [0.717, 1.165) is 6.42 Å². The Kier molecular flexibility index (Phi) is 4.17. The van der Waals surface area contributed by atoms with Crippen LogP contribution in [0.3, 0.4) is 0 Å². The van der Waals surface area contributed by atoms with Gasteiger partial charge < -0.3 is 10.1 Å². The fourth-order valence-corrected chi connectivity index (χ4v) is 5.35. The molecule has 1 aromatic heterocycles. The van der Waals surface area contributed by atoms with E-state index in [9.17, 15) is 13.2 Å². The Labute approximate surface area is 125 Å². The van der Waals surface area contributed by atoms with Crippen molar-refractivity contribution in [3.05, 3.63) is 17.0 Å². The first kappa shape index (κ1) is 16.0. The van der Waals surface area contributed by atoms with Crippen LogP contribution in [0.5, 0.6) is 0 Å². The highest BCUT2D eigenvalue weighted by Gasteiger charge is 2.35. The zero-order valence-electron chi connectivity index (χ0n) is 12.8. The summed E-state index contributed by atoms with van der Waals surface area (Å²) in [5.41, 5.74) is 0.617. The van der Waals surface area contributed by atoms with Gasteiger partial charge in [-0.15, -0.1) is 0 Å². The summed E-state index contributed by atoms with van der Waals surface area (Å²) in [7, 11) is -3.66. The predicted molar refractivity (Wildman–Crippen MR) is 78.9 cm³/mol. The van der Waals surface area contributed by atoms with Crippen LogP contribution in [0.1, 0.15) is 42.0 Å². The Bertz CT molecular complexity index is 653. The van der Waals surface area contributed by atoms with E-state index in [1.54, 1.807) is 6.92 Å². The highest BCUT2D eigenvalue weighted by atomic mass is 32.2. The second-order valence-corrected chi connectivity index (χ2v) is 8.03.